The molecule has 3 heterocycles. The van der Waals surface area contributed by atoms with Gasteiger partial charge >= 0.3 is 0 Å². The first kappa shape index (κ1) is 11.0. The number of nitrogens with one attached hydrogen (secondary N) is 1. The highest BCUT2D eigenvalue weighted by Gasteiger charge is 2.20. The predicted octanol–water partition coefficient (Wildman–Crippen LogP) is 1.12. The molecule has 17 heavy (non-hydrogen) atoms. The van der Waals surface area contributed by atoms with Crippen molar-refractivity contribution in [1.82, 2.24) is 10.3 Å². The molecule has 92 valence electrons. The Morgan fingerprint density at radius 3 is 3.00 bits per heavy atom. The van der Waals surface area contributed by atoms with E-state index in [4.69, 9.17) is 9.72 Å². The van der Waals surface area contributed by atoms with Crippen LogP contribution in [0.15, 0.2) is 12.1 Å². The van der Waals surface area contributed by atoms with Gasteiger partial charge in [-0.25, -0.2) is 4.98 Å². The number of rotatable bonds is 1. The van der Waals surface area contributed by atoms with E-state index in [-0.39, 0.29) is 0 Å². The first-order valence-corrected chi connectivity index (χ1v) is 6.38. The van der Waals surface area contributed by atoms with Gasteiger partial charge in [0.25, 0.3) is 0 Å². The molecule has 1 aromatic rings. The number of hydrogen-bond donors (Lipinski definition) is 1. The highest BCUT2D eigenvalue weighted by Crippen LogP contribution is 2.24. The largest absolute Gasteiger partial charge is 0.378 e. The summed E-state index contributed by atoms with van der Waals surface area (Å²) in [5, 5.41) is 3.42. The lowest BCUT2D eigenvalue weighted by Crippen LogP contribution is -2.37. The first-order chi connectivity index (χ1) is 8.34. The lowest BCUT2D eigenvalue weighted by molar-refractivity contribution is 0.122. The lowest BCUT2D eigenvalue weighted by atomic mass is 9.98. The Bertz CT molecular complexity index is 402. The molecule has 4 nitrogen and oxygen atoms in total. The Balaban J connectivity index is 1.88. The molecule has 0 bridgehead atoms. The van der Waals surface area contributed by atoms with Gasteiger partial charge in [-0.3, -0.25) is 0 Å². The van der Waals surface area contributed by atoms with E-state index in [1.54, 1.807) is 0 Å². The minimum Gasteiger partial charge on any atom is -0.378 e. The molecule has 0 radical (unpaired) electrons. The van der Waals surface area contributed by atoms with E-state index in [0.717, 1.165) is 45.2 Å². The zero-order chi connectivity index (χ0) is 11.7. The molecule has 1 N–H and O–H groups in total. The fourth-order valence-electron chi connectivity index (χ4n) is 2.56. The smallest absolute Gasteiger partial charge is 0.128 e. The highest BCUT2D eigenvalue weighted by molar-refractivity contribution is 5.43. The number of ether oxygens (including phenoxy) is 1. The van der Waals surface area contributed by atoms with Gasteiger partial charge in [0.2, 0.25) is 0 Å². The molecule has 2 aliphatic heterocycles. The summed E-state index contributed by atoms with van der Waals surface area (Å²) >= 11 is 0. The molecule has 0 aliphatic carbocycles. The Morgan fingerprint density at radius 2 is 2.18 bits per heavy atom. The molecule has 0 aromatic carbocycles. The molecule has 4 heteroatoms. The van der Waals surface area contributed by atoms with Crippen LogP contribution in [0.1, 0.15) is 24.1 Å². The normalized spacial score (nSPS) is 24.5. The second-order valence-electron chi connectivity index (χ2n) is 4.85. The first-order valence-electron chi connectivity index (χ1n) is 6.38. The zero-order valence-corrected chi connectivity index (χ0v) is 10.3. The molecule has 1 unspecified atom stereocenters. The van der Waals surface area contributed by atoms with Gasteiger partial charge in [0, 0.05) is 32.1 Å². The maximum atomic E-state index is 5.38. The van der Waals surface area contributed by atoms with Crippen LogP contribution >= 0.6 is 0 Å². The summed E-state index contributed by atoms with van der Waals surface area (Å²) in [6.45, 7) is 7.77. The standard InChI is InChI=1S/C13H19N3O/c1-10-8-14-9-11-2-3-12(15-13(10)11)16-4-6-17-7-5-16/h2-3,10,14H,4-9H2,1H3. The van der Waals surface area contributed by atoms with Crippen molar-refractivity contribution in [2.75, 3.05) is 37.7 Å². The van der Waals surface area contributed by atoms with E-state index >= 15 is 0 Å². The Morgan fingerprint density at radius 1 is 1.35 bits per heavy atom. The van der Waals surface area contributed by atoms with Crippen LogP contribution in [-0.4, -0.2) is 37.8 Å². The van der Waals surface area contributed by atoms with Gasteiger partial charge in [0.15, 0.2) is 0 Å². The minimum atomic E-state index is 0.514. The van der Waals surface area contributed by atoms with Crippen molar-refractivity contribution in [1.29, 1.82) is 0 Å². The molecule has 2 aliphatic rings. The number of aromatic nitrogens is 1. The lowest BCUT2D eigenvalue weighted by Gasteiger charge is -2.30. The van der Waals surface area contributed by atoms with Gasteiger partial charge in [-0.05, 0) is 11.6 Å². The number of nitrogens with zero attached hydrogens (tertiary/aromatic N) is 2. The van der Waals surface area contributed by atoms with Crippen molar-refractivity contribution in [3.05, 3.63) is 23.4 Å². The van der Waals surface area contributed by atoms with Gasteiger partial charge in [0.1, 0.15) is 5.82 Å². The van der Waals surface area contributed by atoms with Crippen molar-refractivity contribution in [3.63, 3.8) is 0 Å². The number of morpholine rings is 1. The average Bonchev–Trinajstić information content (AvgIpc) is 2.40. The van der Waals surface area contributed by atoms with Crippen molar-refractivity contribution >= 4 is 5.82 Å². The van der Waals surface area contributed by atoms with Crippen molar-refractivity contribution in [2.24, 2.45) is 0 Å². The van der Waals surface area contributed by atoms with Crippen LogP contribution in [0, 0.1) is 0 Å². The molecular weight excluding hydrogens is 214 g/mol. The summed E-state index contributed by atoms with van der Waals surface area (Å²) in [7, 11) is 0. The topological polar surface area (TPSA) is 37.4 Å². The summed E-state index contributed by atoms with van der Waals surface area (Å²) < 4.78 is 5.38. The molecule has 1 aromatic heterocycles. The second kappa shape index (κ2) is 4.63. The van der Waals surface area contributed by atoms with Crippen molar-refractivity contribution in [2.45, 2.75) is 19.4 Å². The highest BCUT2D eigenvalue weighted by atomic mass is 16.5. The third-order valence-electron chi connectivity index (χ3n) is 3.57. The predicted molar refractivity (Wildman–Crippen MR) is 67.4 cm³/mol. The number of hydrogen-bond acceptors (Lipinski definition) is 4. The quantitative estimate of drug-likeness (QED) is 0.789. The van der Waals surface area contributed by atoms with E-state index in [1.807, 2.05) is 0 Å². The van der Waals surface area contributed by atoms with Gasteiger partial charge in [-0.1, -0.05) is 13.0 Å². The van der Waals surface area contributed by atoms with Crippen LogP contribution in [0.3, 0.4) is 0 Å². The number of fused-ring (bicyclic) bond motifs is 1. The molecule has 1 fully saturated rings. The van der Waals surface area contributed by atoms with E-state index < -0.39 is 0 Å². The Kier molecular flexibility index (Phi) is 2.99. The van der Waals surface area contributed by atoms with Crippen LogP contribution in [0.2, 0.25) is 0 Å². The van der Waals surface area contributed by atoms with E-state index in [1.165, 1.54) is 11.3 Å². The average molecular weight is 233 g/mol. The van der Waals surface area contributed by atoms with Crippen LogP contribution in [0.5, 0.6) is 0 Å². The van der Waals surface area contributed by atoms with Crippen molar-refractivity contribution < 1.29 is 4.74 Å². The van der Waals surface area contributed by atoms with E-state index in [9.17, 15) is 0 Å². The van der Waals surface area contributed by atoms with Gasteiger partial charge in [0.05, 0.1) is 18.9 Å². The third-order valence-corrected chi connectivity index (χ3v) is 3.57. The third kappa shape index (κ3) is 2.15. The molecule has 0 amide bonds. The fraction of sp³-hybridized carbons (Fsp3) is 0.615. The monoisotopic (exact) mass is 233 g/mol. The van der Waals surface area contributed by atoms with Crippen molar-refractivity contribution in [3.8, 4) is 0 Å². The molecule has 3 rings (SSSR count). The van der Waals surface area contributed by atoms with Crippen LogP contribution in [0.25, 0.3) is 0 Å². The number of anilines is 1. The molecule has 1 saturated heterocycles. The second-order valence-corrected chi connectivity index (χ2v) is 4.85. The van der Waals surface area contributed by atoms with E-state index in [0.29, 0.717) is 5.92 Å². The SMILES string of the molecule is CC1CNCc2ccc(N3CCOCC3)nc21. The summed E-state index contributed by atoms with van der Waals surface area (Å²) in [6, 6.07) is 4.36. The molecule has 0 saturated carbocycles. The maximum absolute atomic E-state index is 5.38. The molecule has 0 spiro atoms. The molecular formula is C13H19N3O. The Hall–Kier alpha value is -1.13. The van der Waals surface area contributed by atoms with Crippen LogP contribution in [-0.2, 0) is 11.3 Å². The van der Waals surface area contributed by atoms with Gasteiger partial charge in [-0.15, -0.1) is 0 Å². The van der Waals surface area contributed by atoms with Gasteiger partial charge < -0.3 is 15.0 Å². The minimum absolute atomic E-state index is 0.514. The summed E-state index contributed by atoms with van der Waals surface area (Å²) in [4.78, 5) is 7.17. The summed E-state index contributed by atoms with van der Waals surface area (Å²) in [5.74, 6) is 1.63. The maximum Gasteiger partial charge on any atom is 0.128 e. The number of pyridine rings is 1. The zero-order valence-electron chi connectivity index (χ0n) is 10.3. The van der Waals surface area contributed by atoms with Gasteiger partial charge in [-0.2, -0.15) is 0 Å². The van der Waals surface area contributed by atoms with Crippen LogP contribution in [0.4, 0.5) is 5.82 Å². The fourth-order valence-corrected chi connectivity index (χ4v) is 2.56. The Labute approximate surface area is 102 Å². The summed E-state index contributed by atoms with van der Waals surface area (Å²) in [5.41, 5.74) is 2.62. The van der Waals surface area contributed by atoms with E-state index in [2.05, 4.69) is 29.3 Å². The molecule has 1 atom stereocenters. The van der Waals surface area contributed by atoms with Crippen LogP contribution < -0.4 is 10.2 Å². The summed E-state index contributed by atoms with van der Waals surface area (Å²) in [6.07, 6.45) is 0.